The molecule has 0 bridgehead atoms. The maximum absolute atomic E-state index is 5.85. The predicted molar refractivity (Wildman–Crippen MR) is 79.3 cm³/mol. The normalized spacial score (nSPS) is 16.4. The summed E-state index contributed by atoms with van der Waals surface area (Å²) < 4.78 is 2.06. The van der Waals surface area contributed by atoms with E-state index in [-0.39, 0.29) is 0 Å². The summed E-state index contributed by atoms with van der Waals surface area (Å²) in [6, 6.07) is 10.4. The minimum atomic E-state index is 0.487. The lowest BCUT2D eigenvalue weighted by Crippen LogP contribution is -2.15. The predicted octanol–water partition coefficient (Wildman–Crippen LogP) is 2.83. The molecular weight excluding hydrogens is 248 g/mol. The minimum absolute atomic E-state index is 0.487. The Hall–Kier alpha value is -1.68. The Balaban J connectivity index is 1.88. The average Bonchev–Trinajstić information content (AvgIpc) is 2.92. The van der Waals surface area contributed by atoms with Crippen molar-refractivity contribution < 1.29 is 0 Å². The van der Waals surface area contributed by atoms with Crippen LogP contribution in [0.4, 0.5) is 0 Å². The average molecular weight is 270 g/mol. The van der Waals surface area contributed by atoms with E-state index in [1.165, 1.54) is 43.4 Å². The second kappa shape index (κ2) is 6.18. The monoisotopic (exact) mass is 270 g/mol. The maximum Gasteiger partial charge on any atom is 0.0997 e. The molecule has 1 fully saturated rings. The number of hydrogen-bond donors (Lipinski definition) is 1. The second-order valence-electron chi connectivity index (χ2n) is 5.60. The van der Waals surface area contributed by atoms with Crippen LogP contribution < -0.4 is 5.73 Å². The van der Waals surface area contributed by atoms with Crippen molar-refractivity contribution in [1.29, 1.82) is 0 Å². The summed E-state index contributed by atoms with van der Waals surface area (Å²) in [6.45, 7) is 1.28. The highest BCUT2D eigenvalue weighted by Crippen LogP contribution is 2.33. The third-order valence-electron chi connectivity index (χ3n) is 4.21. The van der Waals surface area contributed by atoms with E-state index in [0.717, 1.165) is 12.2 Å². The molecule has 1 aromatic carbocycles. The van der Waals surface area contributed by atoms with Gasteiger partial charge in [-0.15, -0.1) is 5.10 Å². The molecule has 1 saturated carbocycles. The molecule has 1 aromatic heterocycles. The molecule has 20 heavy (non-hydrogen) atoms. The number of hydrogen-bond acceptors (Lipinski definition) is 3. The highest BCUT2D eigenvalue weighted by molar-refractivity contribution is 5.20. The quantitative estimate of drug-likeness (QED) is 0.929. The van der Waals surface area contributed by atoms with Crippen LogP contribution in [0.2, 0.25) is 0 Å². The van der Waals surface area contributed by atoms with Gasteiger partial charge in [0.05, 0.1) is 17.9 Å². The molecule has 0 unspecified atom stereocenters. The van der Waals surface area contributed by atoms with Crippen LogP contribution in [-0.2, 0) is 13.1 Å². The molecule has 0 amide bonds. The lowest BCUT2D eigenvalue weighted by Gasteiger charge is -2.23. The minimum Gasteiger partial charge on any atom is -0.325 e. The van der Waals surface area contributed by atoms with Crippen LogP contribution >= 0.6 is 0 Å². The molecule has 1 aliphatic rings. The fraction of sp³-hybridized carbons (Fsp3) is 0.500. The molecule has 4 heteroatoms. The van der Waals surface area contributed by atoms with Crippen molar-refractivity contribution in [1.82, 2.24) is 15.0 Å². The Kier molecular flexibility index (Phi) is 4.11. The molecule has 1 aliphatic carbocycles. The first-order valence-electron chi connectivity index (χ1n) is 7.54. The Labute approximate surface area is 120 Å². The van der Waals surface area contributed by atoms with Crippen molar-refractivity contribution >= 4 is 0 Å². The van der Waals surface area contributed by atoms with Crippen LogP contribution in [0.1, 0.15) is 55.0 Å². The number of nitrogens with two attached hydrogens (primary N) is 1. The topological polar surface area (TPSA) is 56.7 Å². The van der Waals surface area contributed by atoms with Crippen LogP contribution in [0.5, 0.6) is 0 Å². The van der Waals surface area contributed by atoms with Gasteiger partial charge in [-0.05, 0) is 18.4 Å². The zero-order chi connectivity index (χ0) is 13.8. The van der Waals surface area contributed by atoms with Crippen molar-refractivity contribution in [3.05, 3.63) is 47.3 Å². The van der Waals surface area contributed by atoms with E-state index >= 15 is 0 Å². The molecule has 2 N–H and O–H groups in total. The van der Waals surface area contributed by atoms with E-state index in [1.54, 1.807) is 0 Å². The van der Waals surface area contributed by atoms with Gasteiger partial charge in [0, 0.05) is 12.5 Å². The van der Waals surface area contributed by atoms with Crippen molar-refractivity contribution in [2.75, 3.05) is 0 Å². The highest BCUT2D eigenvalue weighted by Gasteiger charge is 2.23. The van der Waals surface area contributed by atoms with Crippen molar-refractivity contribution in [2.45, 2.75) is 51.1 Å². The lowest BCUT2D eigenvalue weighted by atomic mass is 9.86. The number of rotatable bonds is 4. The zero-order valence-electron chi connectivity index (χ0n) is 11.8. The van der Waals surface area contributed by atoms with Crippen LogP contribution in [-0.4, -0.2) is 15.0 Å². The first kappa shape index (κ1) is 13.3. The van der Waals surface area contributed by atoms with Gasteiger partial charge in [-0.1, -0.05) is 54.8 Å². The zero-order valence-corrected chi connectivity index (χ0v) is 11.8. The Bertz CT molecular complexity index is 541. The lowest BCUT2D eigenvalue weighted by molar-refractivity contribution is 0.417. The van der Waals surface area contributed by atoms with Crippen LogP contribution in [0.3, 0.4) is 0 Å². The van der Waals surface area contributed by atoms with Gasteiger partial charge in [0.15, 0.2) is 0 Å². The van der Waals surface area contributed by atoms with Gasteiger partial charge in [-0.2, -0.15) is 0 Å². The first-order valence-corrected chi connectivity index (χ1v) is 7.54. The summed E-state index contributed by atoms with van der Waals surface area (Å²) in [7, 11) is 0. The summed E-state index contributed by atoms with van der Waals surface area (Å²) in [5.41, 5.74) is 9.36. The van der Waals surface area contributed by atoms with Crippen molar-refractivity contribution in [3.63, 3.8) is 0 Å². The van der Waals surface area contributed by atoms with Gasteiger partial charge in [0.2, 0.25) is 0 Å². The van der Waals surface area contributed by atoms with E-state index in [4.69, 9.17) is 5.73 Å². The Morgan fingerprint density at radius 1 is 1.10 bits per heavy atom. The van der Waals surface area contributed by atoms with Gasteiger partial charge in [0.25, 0.3) is 0 Å². The summed E-state index contributed by atoms with van der Waals surface area (Å²) in [4.78, 5) is 0. The summed E-state index contributed by atoms with van der Waals surface area (Å²) in [5.74, 6) is 0.584. The van der Waals surface area contributed by atoms with E-state index < -0.39 is 0 Å². The van der Waals surface area contributed by atoms with Crippen molar-refractivity contribution in [2.24, 2.45) is 5.73 Å². The van der Waals surface area contributed by atoms with Crippen LogP contribution in [0.15, 0.2) is 30.3 Å². The molecule has 4 nitrogen and oxygen atoms in total. The van der Waals surface area contributed by atoms with Gasteiger partial charge < -0.3 is 5.73 Å². The molecule has 0 spiro atoms. The Morgan fingerprint density at radius 2 is 1.85 bits per heavy atom. The van der Waals surface area contributed by atoms with Gasteiger partial charge >= 0.3 is 0 Å². The Morgan fingerprint density at radius 3 is 2.55 bits per heavy atom. The van der Waals surface area contributed by atoms with Crippen LogP contribution in [0, 0.1) is 0 Å². The molecule has 0 aliphatic heterocycles. The second-order valence-corrected chi connectivity index (χ2v) is 5.60. The maximum atomic E-state index is 5.85. The summed E-state index contributed by atoms with van der Waals surface area (Å²) in [5, 5.41) is 8.64. The standard InChI is InChI=1S/C16H22N4/c17-11-15-16(14-9-5-2-6-10-14)20(19-18-15)12-13-7-3-1-4-8-13/h1,3-4,7-8,14H,2,5-6,9-12,17H2. The molecule has 1 heterocycles. The fourth-order valence-electron chi connectivity index (χ4n) is 3.20. The first-order chi connectivity index (χ1) is 9.88. The van der Waals surface area contributed by atoms with Crippen molar-refractivity contribution in [3.8, 4) is 0 Å². The smallest absolute Gasteiger partial charge is 0.0997 e. The third-order valence-corrected chi connectivity index (χ3v) is 4.21. The van der Waals surface area contributed by atoms with Gasteiger partial charge in [-0.3, -0.25) is 0 Å². The highest BCUT2D eigenvalue weighted by atomic mass is 15.4. The van der Waals surface area contributed by atoms with E-state index in [0.29, 0.717) is 12.5 Å². The number of aromatic nitrogens is 3. The molecule has 0 atom stereocenters. The molecular formula is C16H22N4. The SMILES string of the molecule is NCc1nnn(Cc2ccccc2)c1C1CCCCC1. The summed E-state index contributed by atoms with van der Waals surface area (Å²) in [6.07, 6.45) is 6.47. The fourth-order valence-corrected chi connectivity index (χ4v) is 3.20. The molecule has 2 aromatic rings. The summed E-state index contributed by atoms with van der Waals surface area (Å²) >= 11 is 0. The van der Waals surface area contributed by atoms with Gasteiger partial charge in [0.1, 0.15) is 0 Å². The van der Waals surface area contributed by atoms with Gasteiger partial charge in [-0.25, -0.2) is 4.68 Å². The molecule has 0 saturated heterocycles. The van der Waals surface area contributed by atoms with E-state index in [2.05, 4.69) is 39.3 Å². The molecule has 3 rings (SSSR count). The van der Waals surface area contributed by atoms with Crippen LogP contribution in [0.25, 0.3) is 0 Å². The third kappa shape index (κ3) is 2.75. The van der Waals surface area contributed by atoms with E-state index in [1.807, 2.05) is 6.07 Å². The van der Waals surface area contributed by atoms with E-state index in [9.17, 15) is 0 Å². The number of benzene rings is 1. The number of nitrogens with zero attached hydrogens (tertiary/aromatic N) is 3. The molecule has 106 valence electrons. The largest absolute Gasteiger partial charge is 0.325 e. The molecule has 0 radical (unpaired) electrons.